The number of hydrogen-bond acceptors (Lipinski definition) is 5. The van der Waals surface area contributed by atoms with E-state index in [1.54, 1.807) is 37.3 Å². The van der Waals surface area contributed by atoms with Gasteiger partial charge in [-0.3, -0.25) is 4.79 Å². The summed E-state index contributed by atoms with van der Waals surface area (Å²) in [4.78, 5) is 16.9. The fourth-order valence-corrected chi connectivity index (χ4v) is 2.66. The molecule has 0 saturated carbocycles. The number of halogens is 1. The Bertz CT molecular complexity index is 910. The summed E-state index contributed by atoms with van der Waals surface area (Å²) in [5.41, 5.74) is 1.12. The van der Waals surface area contributed by atoms with Crippen molar-refractivity contribution in [2.75, 3.05) is 6.61 Å². The van der Waals surface area contributed by atoms with Crippen LogP contribution in [0.25, 0.3) is 11.4 Å². The van der Waals surface area contributed by atoms with Crippen LogP contribution in [0, 0.1) is 0 Å². The van der Waals surface area contributed by atoms with Crippen LogP contribution in [0.1, 0.15) is 36.1 Å². The lowest BCUT2D eigenvalue weighted by Crippen LogP contribution is -2.27. The molecule has 7 heteroatoms. The highest BCUT2D eigenvalue weighted by Crippen LogP contribution is 2.26. The summed E-state index contributed by atoms with van der Waals surface area (Å²) >= 11 is 6.15. The lowest BCUT2D eigenvalue weighted by molar-refractivity contribution is 0.0928. The van der Waals surface area contributed by atoms with Gasteiger partial charge in [-0.05, 0) is 38.1 Å². The number of para-hydroxylation sites is 1. The van der Waals surface area contributed by atoms with E-state index in [0.717, 1.165) is 0 Å². The predicted molar refractivity (Wildman–Crippen MR) is 98.2 cm³/mol. The van der Waals surface area contributed by atoms with Crippen molar-refractivity contribution in [3.63, 3.8) is 0 Å². The summed E-state index contributed by atoms with van der Waals surface area (Å²) in [5.74, 6) is 0.921. The molecule has 3 rings (SSSR count). The number of nitrogens with one attached hydrogen (secondary N) is 1. The van der Waals surface area contributed by atoms with Crippen molar-refractivity contribution >= 4 is 17.5 Å². The van der Waals surface area contributed by atoms with Crippen molar-refractivity contribution in [3.8, 4) is 17.1 Å². The van der Waals surface area contributed by atoms with Gasteiger partial charge in [-0.2, -0.15) is 4.98 Å². The third kappa shape index (κ3) is 3.86. The number of aromatic nitrogens is 2. The smallest absolute Gasteiger partial charge is 0.255 e. The summed E-state index contributed by atoms with van der Waals surface area (Å²) in [6.45, 7) is 4.11. The first-order valence-corrected chi connectivity index (χ1v) is 8.59. The van der Waals surface area contributed by atoms with Crippen molar-refractivity contribution in [3.05, 3.63) is 65.0 Å². The molecular formula is C19H18ClN3O3. The number of benzene rings is 2. The van der Waals surface area contributed by atoms with Gasteiger partial charge in [0.05, 0.1) is 17.2 Å². The quantitative estimate of drug-likeness (QED) is 0.699. The zero-order valence-electron chi connectivity index (χ0n) is 14.4. The molecule has 1 heterocycles. The maximum atomic E-state index is 12.6. The molecule has 6 nitrogen and oxygen atoms in total. The van der Waals surface area contributed by atoms with Gasteiger partial charge >= 0.3 is 0 Å². The summed E-state index contributed by atoms with van der Waals surface area (Å²) < 4.78 is 10.8. The fourth-order valence-electron chi connectivity index (χ4n) is 2.43. The van der Waals surface area contributed by atoms with Gasteiger partial charge in [0.1, 0.15) is 11.8 Å². The van der Waals surface area contributed by atoms with Gasteiger partial charge in [0.25, 0.3) is 5.91 Å². The van der Waals surface area contributed by atoms with Crippen LogP contribution in [-0.4, -0.2) is 22.7 Å². The Labute approximate surface area is 156 Å². The number of rotatable bonds is 6. The van der Waals surface area contributed by atoms with Crippen molar-refractivity contribution in [1.82, 2.24) is 15.5 Å². The van der Waals surface area contributed by atoms with Crippen LogP contribution in [0.15, 0.2) is 53.1 Å². The van der Waals surface area contributed by atoms with Gasteiger partial charge in [0.2, 0.25) is 11.7 Å². The third-order valence-corrected chi connectivity index (χ3v) is 4.04. The van der Waals surface area contributed by atoms with Gasteiger partial charge in [0.15, 0.2) is 0 Å². The van der Waals surface area contributed by atoms with E-state index in [4.69, 9.17) is 20.9 Å². The van der Waals surface area contributed by atoms with Crippen LogP contribution in [0.2, 0.25) is 5.02 Å². The Morgan fingerprint density at radius 1 is 1.23 bits per heavy atom. The molecule has 0 unspecified atom stereocenters. The summed E-state index contributed by atoms with van der Waals surface area (Å²) in [5, 5.41) is 7.32. The Balaban J connectivity index is 1.76. The summed E-state index contributed by atoms with van der Waals surface area (Å²) in [7, 11) is 0. The monoisotopic (exact) mass is 371 g/mol. The number of hydrogen-bond donors (Lipinski definition) is 1. The van der Waals surface area contributed by atoms with Crippen LogP contribution < -0.4 is 10.1 Å². The molecule has 0 spiro atoms. The molecule has 0 saturated heterocycles. The molecule has 1 aromatic heterocycles. The zero-order valence-corrected chi connectivity index (χ0v) is 15.2. The molecule has 2 aromatic carbocycles. The number of amides is 1. The van der Waals surface area contributed by atoms with Gasteiger partial charge in [-0.15, -0.1) is 0 Å². The second kappa shape index (κ2) is 8.01. The topological polar surface area (TPSA) is 77.2 Å². The van der Waals surface area contributed by atoms with Crippen molar-refractivity contribution < 1.29 is 14.1 Å². The second-order valence-electron chi connectivity index (χ2n) is 5.56. The average Bonchev–Trinajstić information content (AvgIpc) is 3.13. The van der Waals surface area contributed by atoms with Crippen LogP contribution in [0.5, 0.6) is 5.75 Å². The van der Waals surface area contributed by atoms with E-state index < -0.39 is 6.04 Å². The van der Waals surface area contributed by atoms with Crippen LogP contribution in [0.4, 0.5) is 0 Å². The average molecular weight is 372 g/mol. The standard InChI is InChI=1S/C19H18ClN3O3/c1-3-25-16-11-7-5-9-14(16)18(24)21-12(2)19-22-17(23-26-19)13-8-4-6-10-15(13)20/h4-12H,3H2,1-2H3,(H,21,24)/t12-/m0/s1. The first-order chi connectivity index (χ1) is 12.6. The number of nitrogens with zero attached hydrogens (tertiary/aromatic N) is 2. The largest absolute Gasteiger partial charge is 0.493 e. The van der Waals surface area contributed by atoms with E-state index in [-0.39, 0.29) is 5.91 Å². The number of carbonyl (C=O) groups is 1. The van der Waals surface area contributed by atoms with Crippen LogP contribution >= 0.6 is 11.6 Å². The van der Waals surface area contributed by atoms with E-state index in [1.165, 1.54) is 0 Å². The molecule has 1 atom stereocenters. The van der Waals surface area contributed by atoms with Crippen LogP contribution in [-0.2, 0) is 0 Å². The van der Waals surface area contributed by atoms with E-state index in [9.17, 15) is 4.79 Å². The molecule has 134 valence electrons. The minimum absolute atomic E-state index is 0.279. The Morgan fingerprint density at radius 2 is 1.96 bits per heavy atom. The van der Waals surface area contributed by atoms with E-state index in [0.29, 0.717) is 40.2 Å². The van der Waals surface area contributed by atoms with Gasteiger partial charge in [0, 0.05) is 5.56 Å². The molecule has 0 aliphatic carbocycles. The summed E-state index contributed by atoms with van der Waals surface area (Å²) in [6, 6.07) is 13.8. The maximum Gasteiger partial charge on any atom is 0.255 e. The Hall–Kier alpha value is -2.86. The highest BCUT2D eigenvalue weighted by molar-refractivity contribution is 6.33. The first kappa shape index (κ1) is 17.9. The van der Waals surface area contributed by atoms with Crippen LogP contribution in [0.3, 0.4) is 0 Å². The lowest BCUT2D eigenvalue weighted by Gasteiger charge is -2.12. The molecule has 0 aliphatic heterocycles. The fraction of sp³-hybridized carbons (Fsp3) is 0.211. The molecular weight excluding hydrogens is 354 g/mol. The highest BCUT2D eigenvalue weighted by Gasteiger charge is 2.20. The van der Waals surface area contributed by atoms with Gasteiger partial charge < -0.3 is 14.6 Å². The highest BCUT2D eigenvalue weighted by atomic mass is 35.5. The number of carbonyl (C=O) groups excluding carboxylic acids is 1. The minimum Gasteiger partial charge on any atom is -0.493 e. The maximum absolute atomic E-state index is 12.6. The van der Waals surface area contributed by atoms with Crippen molar-refractivity contribution in [2.45, 2.75) is 19.9 Å². The van der Waals surface area contributed by atoms with Crippen molar-refractivity contribution in [1.29, 1.82) is 0 Å². The molecule has 3 aromatic rings. The molecule has 1 N–H and O–H groups in total. The van der Waals surface area contributed by atoms with Gasteiger partial charge in [-0.1, -0.05) is 41.0 Å². The van der Waals surface area contributed by atoms with E-state index in [2.05, 4.69) is 15.5 Å². The Kier molecular flexibility index (Phi) is 5.53. The zero-order chi connectivity index (χ0) is 18.5. The predicted octanol–water partition coefficient (Wildman–Crippen LogP) is 4.28. The van der Waals surface area contributed by atoms with E-state index in [1.807, 2.05) is 25.1 Å². The SMILES string of the molecule is CCOc1ccccc1C(=O)N[C@@H](C)c1nc(-c2ccccc2Cl)no1. The first-order valence-electron chi connectivity index (χ1n) is 8.21. The second-order valence-corrected chi connectivity index (χ2v) is 5.97. The number of ether oxygens (including phenoxy) is 1. The third-order valence-electron chi connectivity index (χ3n) is 3.71. The molecule has 0 bridgehead atoms. The molecule has 0 aliphatic rings. The molecule has 1 amide bonds. The lowest BCUT2D eigenvalue weighted by atomic mass is 10.1. The molecule has 26 heavy (non-hydrogen) atoms. The summed E-state index contributed by atoms with van der Waals surface area (Å²) in [6.07, 6.45) is 0. The van der Waals surface area contributed by atoms with Crippen molar-refractivity contribution in [2.24, 2.45) is 0 Å². The van der Waals surface area contributed by atoms with Gasteiger partial charge in [-0.25, -0.2) is 0 Å². The van der Waals surface area contributed by atoms with E-state index >= 15 is 0 Å². The Morgan fingerprint density at radius 3 is 2.73 bits per heavy atom. The minimum atomic E-state index is -0.471. The molecule has 0 fully saturated rings. The normalized spacial score (nSPS) is 11.8. The molecule has 0 radical (unpaired) electrons.